The zero-order chi connectivity index (χ0) is 23.0. The van der Waals surface area contributed by atoms with Gasteiger partial charge in [-0.2, -0.15) is 0 Å². The summed E-state index contributed by atoms with van der Waals surface area (Å²) in [7, 11) is 0. The molecule has 0 fully saturated rings. The SMILES string of the molecule is CCC/C=C\C/C=C\CCCCCCCC(=O)OC(CO)COC(=O)CCCCCC. The molecule has 0 saturated heterocycles. The second-order valence-corrected chi connectivity index (χ2v) is 8.06. The summed E-state index contributed by atoms with van der Waals surface area (Å²) < 4.78 is 10.3. The molecular formula is C26H46O5. The first-order valence-corrected chi connectivity index (χ1v) is 12.4. The molecule has 0 spiro atoms. The fourth-order valence-corrected chi connectivity index (χ4v) is 3.06. The van der Waals surface area contributed by atoms with E-state index in [-0.39, 0.29) is 25.2 Å². The third kappa shape index (κ3) is 21.4. The zero-order valence-corrected chi connectivity index (χ0v) is 20.0. The standard InChI is InChI=1S/C26H46O5/c1-3-5-7-9-10-11-12-13-14-15-16-17-19-21-26(29)31-24(22-27)23-30-25(28)20-18-8-6-4-2/h7,9,11-12,24,27H,3-6,8,10,13-23H2,1-2H3/b9-7-,12-11-. The highest BCUT2D eigenvalue weighted by atomic mass is 16.6. The van der Waals surface area contributed by atoms with Gasteiger partial charge in [0.2, 0.25) is 0 Å². The number of allylic oxidation sites excluding steroid dienone is 4. The molecule has 0 aromatic rings. The maximum Gasteiger partial charge on any atom is 0.306 e. The summed E-state index contributed by atoms with van der Waals surface area (Å²) in [6.07, 6.45) is 22.7. The van der Waals surface area contributed by atoms with Crippen molar-refractivity contribution in [3.8, 4) is 0 Å². The smallest absolute Gasteiger partial charge is 0.306 e. The molecule has 0 rings (SSSR count). The molecule has 1 unspecified atom stereocenters. The number of hydrogen-bond acceptors (Lipinski definition) is 5. The first kappa shape index (κ1) is 29.4. The van der Waals surface area contributed by atoms with Gasteiger partial charge in [-0.05, 0) is 38.5 Å². The van der Waals surface area contributed by atoms with E-state index in [1.807, 2.05) is 0 Å². The summed E-state index contributed by atoms with van der Waals surface area (Å²) in [6, 6.07) is 0. The van der Waals surface area contributed by atoms with Crippen LogP contribution >= 0.6 is 0 Å². The Labute approximate surface area is 190 Å². The summed E-state index contributed by atoms with van der Waals surface area (Å²) >= 11 is 0. The zero-order valence-electron chi connectivity index (χ0n) is 20.0. The lowest BCUT2D eigenvalue weighted by atomic mass is 10.1. The van der Waals surface area contributed by atoms with Crippen LogP contribution < -0.4 is 0 Å². The van der Waals surface area contributed by atoms with Gasteiger partial charge in [0.25, 0.3) is 0 Å². The Morgan fingerprint density at radius 2 is 1.35 bits per heavy atom. The van der Waals surface area contributed by atoms with Gasteiger partial charge in [-0.15, -0.1) is 0 Å². The van der Waals surface area contributed by atoms with Crippen molar-refractivity contribution in [2.45, 2.75) is 116 Å². The van der Waals surface area contributed by atoms with Gasteiger partial charge in [0.05, 0.1) is 6.61 Å². The maximum atomic E-state index is 11.9. The van der Waals surface area contributed by atoms with Crippen LogP contribution in [0, 0.1) is 0 Å². The van der Waals surface area contributed by atoms with E-state index in [0.717, 1.165) is 64.2 Å². The number of aliphatic hydroxyl groups is 1. The molecule has 1 N–H and O–H groups in total. The number of unbranched alkanes of at least 4 members (excludes halogenated alkanes) is 9. The molecule has 31 heavy (non-hydrogen) atoms. The summed E-state index contributed by atoms with van der Waals surface area (Å²) in [5, 5.41) is 9.34. The second-order valence-electron chi connectivity index (χ2n) is 8.06. The fraction of sp³-hybridized carbons (Fsp3) is 0.769. The number of esters is 2. The van der Waals surface area contributed by atoms with Crippen molar-refractivity contribution in [1.29, 1.82) is 0 Å². The molecular weight excluding hydrogens is 392 g/mol. The molecule has 180 valence electrons. The minimum absolute atomic E-state index is 0.0727. The molecule has 0 heterocycles. The largest absolute Gasteiger partial charge is 0.462 e. The van der Waals surface area contributed by atoms with Crippen molar-refractivity contribution in [3.05, 3.63) is 24.3 Å². The van der Waals surface area contributed by atoms with Crippen LogP contribution in [-0.2, 0) is 19.1 Å². The van der Waals surface area contributed by atoms with Crippen LogP contribution in [0.5, 0.6) is 0 Å². The van der Waals surface area contributed by atoms with Crippen molar-refractivity contribution in [2.75, 3.05) is 13.2 Å². The third-order valence-electron chi connectivity index (χ3n) is 4.98. The molecule has 5 heteroatoms. The molecule has 1 atom stereocenters. The van der Waals surface area contributed by atoms with Gasteiger partial charge in [0.15, 0.2) is 6.10 Å². The highest BCUT2D eigenvalue weighted by Gasteiger charge is 2.15. The number of carbonyl (C=O) groups is 2. The van der Waals surface area contributed by atoms with Gasteiger partial charge in [0.1, 0.15) is 6.61 Å². The maximum absolute atomic E-state index is 11.9. The lowest BCUT2D eigenvalue weighted by Gasteiger charge is -2.15. The van der Waals surface area contributed by atoms with Crippen LogP contribution in [-0.4, -0.2) is 36.4 Å². The summed E-state index contributed by atoms with van der Waals surface area (Å²) in [5.41, 5.74) is 0. The lowest BCUT2D eigenvalue weighted by molar-refractivity contribution is -0.161. The van der Waals surface area contributed by atoms with Crippen LogP contribution in [0.4, 0.5) is 0 Å². The third-order valence-corrected chi connectivity index (χ3v) is 4.98. The molecule has 0 radical (unpaired) electrons. The van der Waals surface area contributed by atoms with E-state index in [1.165, 1.54) is 19.3 Å². The molecule has 0 aromatic carbocycles. The van der Waals surface area contributed by atoms with Crippen LogP contribution in [0.25, 0.3) is 0 Å². The van der Waals surface area contributed by atoms with Crippen LogP contribution in [0.2, 0.25) is 0 Å². The van der Waals surface area contributed by atoms with Crippen LogP contribution in [0.1, 0.15) is 110 Å². The molecule has 0 aliphatic heterocycles. The Morgan fingerprint density at radius 3 is 2.03 bits per heavy atom. The average Bonchev–Trinajstić information content (AvgIpc) is 2.77. The van der Waals surface area contributed by atoms with Crippen molar-refractivity contribution in [1.82, 2.24) is 0 Å². The minimum atomic E-state index is -0.768. The predicted molar refractivity (Wildman–Crippen MR) is 127 cm³/mol. The van der Waals surface area contributed by atoms with Gasteiger partial charge >= 0.3 is 11.9 Å². The van der Waals surface area contributed by atoms with Crippen molar-refractivity contribution < 1.29 is 24.2 Å². The van der Waals surface area contributed by atoms with Crippen molar-refractivity contribution >= 4 is 11.9 Å². The summed E-state index contributed by atoms with van der Waals surface area (Å²) in [6.45, 7) is 3.89. The molecule has 0 aliphatic carbocycles. The molecule has 0 aromatic heterocycles. The Balaban J connectivity index is 3.65. The van der Waals surface area contributed by atoms with E-state index >= 15 is 0 Å². The predicted octanol–water partition coefficient (Wildman–Crippen LogP) is 6.44. The van der Waals surface area contributed by atoms with Gasteiger partial charge in [0, 0.05) is 12.8 Å². The number of hydrogen-bond donors (Lipinski definition) is 1. The molecule has 0 aliphatic rings. The Hall–Kier alpha value is -1.62. The number of carbonyl (C=O) groups excluding carboxylic acids is 2. The number of rotatable bonds is 21. The average molecular weight is 439 g/mol. The summed E-state index contributed by atoms with van der Waals surface area (Å²) in [4.78, 5) is 23.6. The quantitative estimate of drug-likeness (QED) is 0.127. The van der Waals surface area contributed by atoms with Gasteiger partial charge in [-0.3, -0.25) is 9.59 Å². The highest BCUT2D eigenvalue weighted by molar-refractivity contribution is 5.70. The fourth-order valence-electron chi connectivity index (χ4n) is 3.06. The molecule has 0 amide bonds. The van der Waals surface area contributed by atoms with E-state index in [4.69, 9.17) is 9.47 Å². The molecule has 5 nitrogen and oxygen atoms in total. The topological polar surface area (TPSA) is 72.8 Å². The van der Waals surface area contributed by atoms with Crippen molar-refractivity contribution in [3.63, 3.8) is 0 Å². The minimum Gasteiger partial charge on any atom is -0.462 e. The lowest BCUT2D eigenvalue weighted by Crippen LogP contribution is -2.28. The van der Waals surface area contributed by atoms with Gasteiger partial charge in [-0.25, -0.2) is 0 Å². The first-order chi connectivity index (χ1) is 15.1. The van der Waals surface area contributed by atoms with Gasteiger partial charge < -0.3 is 14.6 Å². The second kappa shape index (κ2) is 23.1. The van der Waals surface area contributed by atoms with E-state index in [2.05, 4.69) is 38.2 Å². The summed E-state index contributed by atoms with van der Waals surface area (Å²) in [5.74, 6) is -0.634. The number of aliphatic hydroxyl groups excluding tert-OH is 1. The Morgan fingerprint density at radius 1 is 0.742 bits per heavy atom. The Bertz CT molecular complexity index is 484. The van der Waals surface area contributed by atoms with E-state index in [0.29, 0.717) is 12.8 Å². The number of ether oxygens (including phenoxy) is 2. The van der Waals surface area contributed by atoms with Crippen molar-refractivity contribution in [2.24, 2.45) is 0 Å². The van der Waals surface area contributed by atoms with Crippen LogP contribution in [0.15, 0.2) is 24.3 Å². The van der Waals surface area contributed by atoms with E-state index < -0.39 is 6.10 Å². The Kier molecular flexibility index (Phi) is 21.8. The first-order valence-electron chi connectivity index (χ1n) is 12.4. The van der Waals surface area contributed by atoms with E-state index in [1.54, 1.807) is 0 Å². The van der Waals surface area contributed by atoms with Crippen LogP contribution in [0.3, 0.4) is 0 Å². The molecule has 0 saturated carbocycles. The van der Waals surface area contributed by atoms with E-state index in [9.17, 15) is 14.7 Å². The van der Waals surface area contributed by atoms with Gasteiger partial charge in [-0.1, -0.05) is 83.1 Å². The highest BCUT2D eigenvalue weighted by Crippen LogP contribution is 2.10. The normalized spacial score (nSPS) is 12.5. The monoisotopic (exact) mass is 438 g/mol. The molecule has 0 bridgehead atoms.